The van der Waals surface area contributed by atoms with E-state index in [9.17, 15) is 4.79 Å². The monoisotopic (exact) mass is 396 g/mol. The minimum Gasteiger partial charge on any atom is -0.384 e. The second-order valence-electron chi connectivity index (χ2n) is 5.82. The van der Waals surface area contributed by atoms with Gasteiger partial charge in [0, 0.05) is 5.69 Å². The Bertz CT molecular complexity index is 894. The van der Waals surface area contributed by atoms with Crippen LogP contribution < -0.4 is 11.1 Å². The number of aryl methyl sites for hydroxylation is 1. The standard InChI is InChI=1S/C17H20N6O.2ClH/c1-4-11(3)23-16-14(9-20-23)13(7-10(2)21-16)17(24)22-12-5-6-15(18)19-8-12;;/h5-9,11H,4H2,1-3H3,(H2,18,19)(H,22,24);2*1H. The summed E-state index contributed by atoms with van der Waals surface area (Å²) < 4.78 is 1.86. The maximum atomic E-state index is 12.7. The van der Waals surface area contributed by atoms with E-state index in [0.717, 1.165) is 23.1 Å². The largest absolute Gasteiger partial charge is 0.384 e. The summed E-state index contributed by atoms with van der Waals surface area (Å²) >= 11 is 0. The van der Waals surface area contributed by atoms with Crippen LogP contribution in [0.1, 0.15) is 42.4 Å². The molecule has 0 aromatic carbocycles. The number of pyridine rings is 2. The molecule has 3 aromatic heterocycles. The highest BCUT2D eigenvalue weighted by Crippen LogP contribution is 2.23. The van der Waals surface area contributed by atoms with Gasteiger partial charge in [0.25, 0.3) is 5.91 Å². The van der Waals surface area contributed by atoms with Gasteiger partial charge in [-0.1, -0.05) is 6.92 Å². The van der Waals surface area contributed by atoms with Crippen LogP contribution in [-0.2, 0) is 0 Å². The second-order valence-corrected chi connectivity index (χ2v) is 5.82. The van der Waals surface area contributed by atoms with Crippen LogP contribution >= 0.6 is 24.8 Å². The van der Waals surface area contributed by atoms with Crippen LogP contribution in [0.2, 0.25) is 0 Å². The molecule has 0 aliphatic carbocycles. The highest BCUT2D eigenvalue weighted by molar-refractivity contribution is 6.12. The summed E-state index contributed by atoms with van der Waals surface area (Å²) in [6, 6.07) is 5.34. The highest BCUT2D eigenvalue weighted by atomic mass is 35.5. The molecule has 0 aliphatic heterocycles. The number of halogens is 2. The fourth-order valence-corrected chi connectivity index (χ4v) is 2.50. The third-order valence-electron chi connectivity index (χ3n) is 3.99. The summed E-state index contributed by atoms with van der Waals surface area (Å²) in [7, 11) is 0. The molecule has 0 saturated carbocycles. The molecule has 1 unspecified atom stereocenters. The lowest BCUT2D eigenvalue weighted by atomic mass is 10.1. The highest BCUT2D eigenvalue weighted by Gasteiger charge is 2.17. The van der Waals surface area contributed by atoms with Crippen molar-refractivity contribution in [1.29, 1.82) is 0 Å². The molecule has 1 amide bonds. The number of nitrogens with zero attached hydrogens (tertiary/aromatic N) is 4. The van der Waals surface area contributed by atoms with Gasteiger partial charge in [-0.15, -0.1) is 24.8 Å². The molecule has 0 spiro atoms. The molecule has 3 heterocycles. The Hall–Kier alpha value is -2.38. The first-order valence-electron chi connectivity index (χ1n) is 7.87. The normalized spacial score (nSPS) is 11.3. The number of anilines is 2. The van der Waals surface area contributed by atoms with Gasteiger partial charge in [0.05, 0.1) is 35.1 Å². The Balaban J connectivity index is 0.00000169. The van der Waals surface area contributed by atoms with E-state index in [0.29, 0.717) is 17.1 Å². The Kier molecular flexibility index (Phi) is 7.35. The van der Waals surface area contributed by atoms with E-state index in [1.165, 1.54) is 6.20 Å². The quantitative estimate of drug-likeness (QED) is 0.698. The van der Waals surface area contributed by atoms with Gasteiger partial charge < -0.3 is 11.1 Å². The van der Waals surface area contributed by atoms with E-state index < -0.39 is 0 Å². The second kappa shape index (κ2) is 8.82. The first-order chi connectivity index (χ1) is 11.5. The molecule has 3 aromatic rings. The molecule has 140 valence electrons. The van der Waals surface area contributed by atoms with E-state index in [4.69, 9.17) is 5.73 Å². The molecule has 3 rings (SSSR count). The van der Waals surface area contributed by atoms with Gasteiger partial charge in [-0.3, -0.25) is 4.79 Å². The summed E-state index contributed by atoms with van der Waals surface area (Å²) in [6.07, 6.45) is 4.16. The predicted octanol–water partition coefficient (Wildman–Crippen LogP) is 3.78. The zero-order chi connectivity index (χ0) is 17.3. The number of amides is 1. The number of rotatable bonds is 4. The molecule has 3 N–H and O–H groups in total. The number of nitrogens with one attached hydrogen (secondary N) is 1. The van der Waals surface area contributed by atoms with Crippen LogP contribution in [0.3, 0.4) is 0 Å². The number of carbonyl (C=O) groups is 1. The third-order valence-corrected chi connectivity index (χ3v) is 3.99. The Morgan fingerprint density at radius 3 is 2.65 bits per heavy atom. The van der Waals surface area contributed by atoms with Crippen LogP contribution in [-0.4, -0.2) is 25.7 Å². The van der Waals surface area contributed by atoms with E-state index >= 15 is 0 Å². The number of nitrogens with two attached hydrogens (primary N) is 1. The fourth-order valence-electron chi connectivity index (χ4n) is 2.50. The SMILES string of the molecule is CCC(C)n1ncc2c(C(=O)Nc3ccc(N)nc3)cc(C)nc21.Cl.Cl. The lowest BCUT2D eigenvalue weighted by Crippen LogP contribution is -2.14. The van der Waals surface area contributed by atoms with Crippen molar-refractivity contribution in [3.8, 4) is 0 Å². The number of fused-ring (bicyclic) bond motifs is 1. The molecular weight excluding hydrogens is 375 g/mol. The average Bonchev–Trinajstić information content (AvgIpc) is 2.99. The van der Waals surface area contributed by atoms with Crippen LogP contribution in [0.5, 0.6) is 0 Å². The van der Waals surface area contributed by atoms with Crippen molar-refractivity contribution in [2.24, 2.45) is 0 Å². The summed E-state index contributed by atoms with van der Waals surface area (Å²) in [5.41, 5.74) is 8.20. The van der Waals surface area contributed by atoms with E-state index in [1.54, 1.807) is 24.4 Å². The zero-order valence-electron chi connectivity index (χ0n) is 14.8. The first kappa shape index (κ1) is 21.7. The molecule has 26 heavy (non-hydrogen) atoms. The van der Waals surface area contributed by atoms with Crippen LogP contribution in [0.25, 0.3) is 11.0 Å². The number of hydrogen-bond acceptors (Lipinski definition) is 5. The van der Waals surface area contributed by atoms with Gasteiger partial charge in [0.1, 0.15) is 5.82 Å². The van der Waals surface area contributed by atoms with Crippen molar-refractivity contribution < 1.29 is 4.79 Å². The van der Waals surface area contributed by atoms with Gasteiger partial charge in [0.15, 0.2) is 5.65 Å². The van der Waals surface area contributed by atoms with E-state index in [-0.39, 0.29) is 36.8 Å². The molecule has 1 atom stereocenters. The van der Waals surface area contributed by atoms with Gasteiger partial charge in [-0.2, -0.15) is 5.10 Å². The molecular formula is C17H22Cl2N6O. The Morgan fingerprint density at radius 1 is 1.31 bits per heavy atom. The van der Waals surface area contributed by atoms with E-state index in [1.807, 2.05) is 11.6 Å². The lowest BCUT2D eigenvalue weighted by molar-refractivity contribution is 0.102. The maximum absolute atomic E-state index is 12.7. The van der Waals surface area contributed by atoms with Crippen molar-refractivity contribution in [2.75, 3.05) is 11.1 Å². The number of hydrogen-bond donors (Lipinski definition) is 2. The minimum atomic E-state index is -0.222. The van der Waals surface area contributed by atoms with Crippen molar-refractivity contribution in [3.63, 3.8) is 0 Å². The van der Waals surface area contributed by atoms with Gasteiger partial charge >= 0.3 is 0 Å². The maximum Gasteiger partial charge on any atom is 0.256 e. The molecule has 0 fully saturated rings. The average molecular weight is 397 g/mol. The van der Waals surface area contributed by atoms with Crippen molar-refractivity contribution in [1.82, 2.24) is 19.7 Å². The van der Waals surface area contributed by atoms with Crippen molar-refractivity contribution >= 4 is 53.3 Å². The molecule has 0 saturated heterocycles. The summed E-state index contributed by atoms with van der Waals surface area (Å²) in [5, 5.41) is 7.99. The smallest absolute Gasteiger partial charge is 0.256 e. The summed E-state index contributed by atoms with van der Waals surface area (Å²) in [5.74, 6) is 0.186. The van der Waals surface area contributed by atoms with Crippen LogP contribution in [0.4, 0.5) is 11.5 Å². The molecule has 0 bridgehead atoms. The number of aromatic nitrogens is 4. The van der Waals surface area contributed by atoms with Crippen LogP contribution in [0.15, 0.2) is 30.6 Å². The van der Waals surface area contributed by atoms with Gasteiger partial charge in [-0.05, 0) is 38.5 Å². The van der Waals surface area contributed by atoms with Crippen molar-refractivity contribution in [2.45, 2.75) is 33.2 Å². The fraction of sp³-hybridized carbons (Fsp3) is 0.294. The first-order valence-corrected chi connectivity index (χ1v) is 7.87. The summed E-state index contributed by atoms with van der Waals surface area (Å²) in [6.45, 7) is 6.04. The van der Waals surface area contributed by atoms with E-state index in [2.05, 4.69) is 34.2 Å². The Labute approximate surface area is 164 Å². The topological polar surface area (TPSA) is 98.7 Å². The Morgan fingerprint density at radius 2 is 2.04 bits per heavy atom. The van der Waals surface area contributed by atoms with Crippen molar-refractivity contribution in [3.05, 3.63) is 41.9 Å². The van der Waals surface area contributed by atoms with Gasteiger partial charge in [0.2, 0.25) is 0 Å². The summed E-state index contributed by atoms with van der Waals surface area (Å²) in [4.78, 5) is 21.2. The molecule has 0 aliphatic rings. The minimum absolute atomic E-state index is 0. The predicted molar refractivity (Wildman–Crippen MR) is 108 cm³/mol. The molecule has 0 radical (unpaired) electrons. The molecule has 7 nitrogen and oxygen atoms in total. The van der Waals surface area contributed by atoms with Crippen LogP contribution in [0, 0.1) is 6.92 Å². The van der Waals surface area contributed by atoms with Gasteiger partial charge in [-0.25, -0.2) is 14.6 Å². The number of nitrogen functional groups attached to an aromatic ring is 1. The lowest BCUT2D eigenvalue weighted by Gasteiger charge is -2.11. The molecule has 9 heteroatoms. The number of carbonyl (C=O) groups excluding carboxylic acids is 1. The third kappa shape index (κ3) is 4.23. The zero-order valence-corrected chi connectivity index (χ0v) is 16.4.